The van der Waals surface area contributed by atoms with Gasteiger partial charge in [0.25, 0.3) is 5.91 Å². The molecule has 1 rings (SSSR count). The molecule has 0 saturated heterocycles. The van der Waals surface area contributed by atoms with Gasteiger partial charge in [-0.3, -0.25) is 9.89 Å². The first-order chi connectivity index (χ1) is 7.32. The van der Waals surface area contributed by atoms with Crippen molar-refractivity contribution < 1.29 is 18.0 Å². The molecule has 1 aromatic heterocycles. The van der Waals surface area contributed by atoms with Crippen LogP contribution in [0.5, 0.6) is 0 Å². The van der Waals surface area contributed by atoms with Crippen LogP contribution in [-0.2, 0) is 6.18 Å². The van der Waals surface area contributed by atoms with Crippen molar-refractivity contribution in [3.63, 3.8) is 0 Å². The Hall–Kier alpha value is -1.53. The van der Waals surface area contributed by atoms with Gasteiger partial charge in [0.1, 0.15) is 0 Å². The molecule has 0 bridgehead atoms. The summed E-state index contributed by atoms with van der Waals surface area (Å²) in [5.74, 6) is -0.597. The number of hydrogen-bond donors (Lipinski definition) is 2. The van der Waals surface area contributed by atoms with Crippen molar-refractivity contribution in [2.45, 2.75) is 20.0 Å². The van der Waals surface area contributed by atoms with E-state index >= 15 is 0 Å². The summed E-state index contributed by atoms with van der Waals surface area (Å²) in [7, 11) is 0. The Kier molecular flexibility index (Phi) is 3.56. The maximum atomic E-state index is 12.4. The number of nitrogens with one attached hydrogen (secondary N) is 2. The zero-order chi connectivity index (χ0) is 12.3. The smallest absolute Gasteiger partial charge is 0.352 e. The predicted molar refractivity (Wildman–Crippen MR) is 50.8 cm³/mol. The molecule has 0 aliphatic rings. The summed E-state index contributed by atoms with van der Waals surface area (Å²) >= 11 is 0. The van der Waals surface area contributed by atoms with Crippen LogP contribution in [0.25, 0.3) is 0 Å². The van der Waals surface area contributed by atoms with Crippen molar-refractivity contribution in [1.29, 1.82) is 0 Å². The van der Waals surface area contributed by atoms with Crippen molar-refractivity contribution in [3.8, 4) is 0 Å². The average Bonchev–Trinajstić information content (AvgIpc) is 2.61. The molecule has 90 valence electrons. The van der Waals surface area contributed by atoms with E-state index in [1.165, 1.54) is 0 Å². The fourth-order valence-corrected chi connectivity index (χ4v) is 1.07. The number of nitrogens with zero attached hydrogens (tertiary/aromatic N) is 1. The number of H-pyrrole nitrogens is 1. The number of carbonyl (C=O) groups excluding carboxylic acids is 1. The van der Waals surface area contributed by atoms with E-state index in [-0.39, 0.29) is 5.92 Å². The summed E-state index contributed by atoms with van der Waals surface area (Å²) in [6.07, 6.45) is -3.72. The van der Waals surface area contributed by atoms with E-state index < -0.39 is 23.3 Å². The van der Waals surface area contributed by atoms with Gasteiger partial charge in [-0.1, -0.05) is 13.8 Å². The molecule has 1 amide bonds. The van der Waals surface area contributed by atoms with Gasteiger partial charge < -0.3 is 5.32 Å². The van der Waals surface area contributed by atoms with Gasteiger partial charge >= 0.3 is 6.18 Å². The number of amides is 1. The highest BCUT2D eigenvalue weighted by atomic mass is 19.4. The van der Waals surface area contributed by atoms with Crippen molar-refractivity contribution in [1.82, 2.24) is 15.5 Å². The van der Waals surface area contributed by atoms with Gasteiger partial charge in [-0.15, -0.1) is 0 Å². The topological polar surface area (TPSA) is 57.8 Å². The predicted octanol–water partition coefficient (Wildman–Crippen LogP) is 1.81. The van der Waals surface area contributed by atoms with Crippen LogP contribution in [0, 0.1) is 5.92 Å². The lowest BCUT2D eigenvalue weighted by Gasteiger charge is -2.09. The first-order valence-corrected chi connectivity index (χ1v) is 4.71. The molecule has 1 heterocycles. The number of alkyl halides is 3. The number of hydrogen-bond acceptors (Lipinski definition) is 2. The molecule has 16 heavy (non-hydrogen) atoms. The summed E-state index contributed by atoms with van der Waals surface area (Å²) in [6, 6.07) is 0. The van der Waals surface area contributed by atoms with Crippen molar-refractivity contribution in [2.24, 2.45) is 5.92 Å². The van der Waals surface area contributed by atoms with Crippen LogP contribution in [0.1, 0.15) is 29.9 Å². The minimum Gasteiger partial charge on any atom is -0.352 e. The number of halogens is 3. The molecule has 0 aromatic carbocycles. The van der Waals surface area contributed by atoms with E-state index in [1.54, 1.807) is 5.10 Å². The highest BCUT2D eigenvalue weighted by Crippen LogP contribution is 2.29. The van der Waals surface area contributed by atoms with Gasteiger partial charge in [0.05, 0.1) is 11.8 Å². The molecule has 1 aromatic rings. The quantitative estimate of drug-likeness (QED) is 0.839. The lowest BCUT2D eigenvalue weighted by molar-refractivity contribution is -0.141. The standard InChI is InChI=1S/C9H12F3N3O/c1-5(2)3-13-8(16)6-4-14-15-7(6)9(10,11)12/h4-5H,3H2,1-2H3,(H,13,16)(H,14,15). The third-order valence-corrected chi connectivity index (χ3v) is 1.84. The normalized spacial score (nSPS) is 11.9. The fourth-order valence-electron chi connectivity index (χ4n) is 1.07. The van der Waals surface area contributed by atoms with Crippen molar-refractivity contribution >= 4 is 5.91 Å². The SMILES string of the molecule is CC(C)CNC(=O)c1cn[nH]c1C(F)(F)F. The number of aromatic nitrogens is 2. The fraction of sp³-hybridized carbons (Fsp3) is 0.556. The summed E-state index contributed by atoms with van der Waals surface area (Å²) in [6.45, 7) is 4.02. The van der Waals surface area contributed by atoms with E-state index in [2.05, 4.69) is 10.4 Å². The second kappa shape index (κ2) is 4.54. The second-order valence-electron chi connectivity index (χ2n) is 3.76. The average molecular weight is 235 g/mol. The van der Waals surface area contributed by atoms with E-state index in [0.29, 0.717) is 6.54 Å². The second-order valence-corrected chi connectivity index (χ2v) is 3.76. The summed E-state index contributed by atoms with van der Waals surface area (Å²) in [4.78, 5) is 11.4. The largest absolute Gasteiger partial charge is 0.433 e. The Morgan fingerprint density at radius 1 is 1.56 bits per heavy atom. The van der Waals surface area contributed by atoms with Gasteiger partial charge in [0.2, 0.25) is 0 Å². The molecule has 7 heteroatoms. The Balaban J connectivity index is 2.81. The van der Waals surface area contributed by atoms with Crippen LogP contribution < -0.4 is 5.32 Å². The molecule has 0 atom stereocenters. The molecule has 0 spiro atoms. The summed E-state index contributed by atoms with van der Waals surface area (Å²) < 4.78 is 37.2. The zero-order valence-electron chi connectivity index (χ0n) is 8.85. The number of aromatic amines is 1. The van der Waals surface area contributed by atoms with Gasteiger partial charge in [-0.2, -0.15) is 18.3 Å². The Morgan fingerprint density at radius 3 is 2.69 bits per heavy atom. The molecular weight excluding hydrogens is 223 g/mol. The molecule has 4 nitrogen and oxygen atoms in total. The van der Waals surface area contributed by atoms with Crippen LogP contribution in [0.2, 0.25) is 0 Å². The molecule has 0 fully saturated rings. The highest BCUT2D eigenvalue weighted by Gasteiger charge is 2.37. The van der Waals surface area contributed by atoms with Crippen LogP contribution in [0.3, 0.4) is 0 Å². The minimum absolute atomic E-state index is 0.171. The van der Waals surface area contributed by atoms with Crippen LogP contribution >= 0.6 is 0 Å². The van der Waals surface area contributed by atoms with Crippen LogP contribution in [0.15, 0.2) is 6.20 Å². The Morgan fingerprint density at radius 2 is 2.19 bits per heavy atom. The third-order valence-electron chi connectivity index (χ3n) is 1.84. The number of carbonyl (C=O) groups is 1. The van der Waals surface area contributed by atoms with Gasteiger partial charge in [0, 0.05) is 6.54 Å². The van der Waals surface area contributed by atoms with Gasteiger partial charge in [-0.25, -0.2) is 0 Å². The van der Waals surface area contributed by atoms with Crippen molar-refractivity contribution in [2.75, 3.05) is 6.54 Å². The minimum atomic E-state index is -4.60. The van der Waals surface area contributed by atoms with E-state index in [1.807, 2.05) is 13.8 Å². The van der Waals surface area contributed by atoms with Gasteiger partial charge in [0.15, 0.2) is 5.69 Å². The third kappa shape index (κ3) is 2.98. The van der Waals surface area contributed by atoms with E-state index in [4.69, 9.17) is 0 Å². The highest BCUT2D eigenvalue weighted by molar-refractivity contribution is 5.95. The van der Waals surface area contributed by atoms with Gasteiger partial charge in [-0.05, 0) is 5.92 Å². The van der Waals surface area contributed by atoms with Crippen LogP contribution in [-0.4, -0.2) is 22.6 Å². The number of rotatable bonds is 3. The molecular formula is C9H12F3N3O. The molecule has 0 aliphatic carbocycles. The Bertz CT molecular complexity index is 370. The summed E-state index contributed by atoms with van der Waals surface area (Å²) in [5, 5.41) is 7.41. The lowest BCUT2D eigenvalue weighted by Crippen LogP contribution is -2.28. The Labute approximate surface area is 90.2 Å². The monoisotopic (exact) mass is 235 g/mol. The lowest BCUT2D eigenvalue weighted by atomic mass is 10.2. The molecule has 0 radical (unpaired) electrons. The first-order valence-electron chi connectivity index (χ1n) is 4.71. The van der Waals surface area contributed by atoms with E-state index in [9.17, 15) is 18.0 Å². The summed E-state index contributed by atoms with van der Waals surface area (Å²) in [5.41, 5.74) is -1.60. The molecule has 0 unspecified atom stereocenters. The van der Waals surface area contributed by atoms with E-state index in [0.717, 1.165) is 6.20 Å². The first kappa shape index (κ1) is 12.5. The molecule has 2 N–H and O–H groups in total. The molecule has 0 aliphatic heterocycles. The maximum absolute atomic E-state index is 12.4. The zero-order valence-corrected chi connectivity index (χ0v) is 8.85. The molecule has 0 saturated carbocycles. The van der Waals surface area contributed by atoms with Crippen molar-refractivity contribution in [3.05, 3.63) is 17.5 Å². The maximum Gasteiger partial charge on any atom is 0.433 e. The van der Waals surface area contributed by atoms with Crippen LogP contribution in [0.4, 0.5) is 13.2 Å².